The average molecular weight is 246 g/mol. The van der Waals surface area contributed by atoms with E-state index < -0.39 is 0 Å². The first-order chi connectivity index (χ1) is 7.87. The zero-order valence-electron chi connectivity index (χ0n) is 11.7. The van der Waals surface area contributed by atoms with E-state index in [-0.39, 0.29) is 11.4 Å². The van der Waals surface area contributed by atoms with E-state index in [2.05, 4.69) is 5.32 Å². The fourth-order valence-electron chi connectivity index (χ4n) is 1.12. The van der Waals surface area contributed by atoms with Gasteiger partial charge in [0.2, 0.25) is 0 Å². The number of hydrogen-bond donors (Lipinski definition) is 1. The molecule has 0 spiro atoms. The van der Waals surface area contributed by atoms with Gasteiger partial charge in [-0.2, -0.15) is 5.06 Å². The molecule has 0 amide bonds. The number of carbonyl (C=O) groups excluding carboxylic acids is 1. The lowest BCUT2D eigenvalue weighted by Gasteiger charge is -2.27. The Morgan fingerprint density at radius 1 is 1.41 bits per heavy atom. The second-order valence-corrected chi connectivity index (χ2v) is 4.79. The minimum absolute atomic E-state index is 0.171. The predicted molar refractivity (Wildman–Crippen MR) is 67.8 cm³/mol. The number of Topliss-reactive ketones (excluding diaryl/α,β-unsaturated/α-hetero) is 1. The third-order valence-electron chi connectivity index (χ3n) is 2.26. The first kappa shape index (κ1) is 16.5. The molecule has 17 heavy (non-hydrogen) atoms. The van der Waals surface area contributed by atoms with Crippen molar-refractivity contribution in [2.24, 2.45) is 0 Å². The summed E-state index contributed by atoms with van der Waals surface area (Å²) in [6, 6.07) is 0. The van der Waals surface area contributed by atoms with Gasteiger partial charge in [-0.25, -0.2) is 0 Å². The topological polar surface area (TPSA) is 50.8 Å². The molecule has 0 aliphatic rings. The number of likely N-dealkylation sites (N-methyl/N-ethyl adjacent to an activating group) is 1. The van der Waals surface area contributed by atoms with Crippen molar-refractivity contribution in [1.29, 1.82) is 0 Å². The minimum Gasteiger partial charge on any atom is -0.372 e. The van der Waals surface area contributed by atoms with Gasteiger partial charge in [-0.1, -0.05) is 0 Å². The highest BCUT2D eigenvalue weighted by Crippen LogP contribution is 2.10. The van der Waals surface area contributed by atoms with Gasteiger partial charge < -0.3 is 10.1 Å². The molecule has 0 saturated carbocycles. The summed E-state index contributed by atoms with van der Waals surface area (Å²) < 4.78 is 5.66. The van der Waals surface area contributed by atoms with Crippen molar-refractivity contribution in [3.05, 3.63) is 0 Å². The smallest absolute Gasteiger partial charge is 0.131 e. The number of carbonyl (C=O) groups is 1. The van der Waals surface area contributed by atoms with Gasteiger partial charge in [-0.3, -0.25) is 9.63 Å². The standard InChI is InChI=1S/C12H26N2O3/c1-11(15)6-8-14(5)17-10-12(2,3)16-9-7-13-4/h13H,6-10H2,1-5H3. The van der Waals surface area contributed by atoms with Crippen molar-refractivity contribution in [2.75, 3.05) is 40.4 Å². The Bertz CT molecular complexity index is 220. The van der Waals surface area contributed by atoms with Gasteiger partial charge in [0, 0.05) is 26.6 Å². The van der Waals surface area contributed by atoms with Crippen LogP contribution in [0, 0.1) is 0 Å². The number of hydroxylamine groups is 2. The Hall–Kier alpha value is -0.490. The van der Waals surface area contributed by atoms with Crippen LogP contribution in [-0.4, -0.2) is 56.8 Å². The number of ketones is 1. The molecular weight excluding hydrogens is 220 g/mol. The molecule has 0 bridgehead atoms. The minimum atomic E-state index is -0.318. The summed E-state index contributed by atoms with van der Waals surface area (Å²) in [6.07, 6.45) is 0.511. The molecule has 0 fully saturated rings. The van der Waals surface area contributed by atoms with Gasteiger partial charge in [0.15, 0.2) is 0 Å². The molecule has 0 aromatic heterocycles. The lowest BCUT2D eigenvalue weighted by molar-refractivity contribution is -0.191. The van der Waals surface area contributed by atoms with E-state index in [1.54, 1.807) is 12.0 Å². The van der Waals surface area contributed by atoms with Crippen LogP contribution in [-0.2, 0) is 14.4 Å². The van der Waals surface area contributed by atoms with Crippen molar-refractivity contribution in [1.82, 2.24) is 10.4 Å². The third kappa shape index (κ3) is 10.4. The highest BCUT2D eigenvalue weighted by atomic mass is 16.7. The molecule has 0 radical (unpaired) electrons. The van der Waals surface area contributed by atoms with Crippen LogP contribution in [0.2, 0.25) is 0 Å². The summed E-state index contributed by atoms with van der Waals surface area (Å²) in [4.78, 5) is 16.3. The summed E-state index contributed by atoms with van der Waals surface area (Å²) in [5.41, 5.74) is -0.318. The zero-order valence-corrected chi connectivity index (χ0v) is 11.7. The molecule has 0 rings (SSSR count). The molecule has 0 aliphatic heterocycles. The quantitative estimate of drug-likeness (QED) is 0.457. The molecule has 0 saturated heterocycles. The van der Waals surface area contributed by atoms with E-state index in [0.29, 0.717) is 26.2 Å². The van der Waals surface area contributed by atoms with Crippen LogP contribution in [0.3, 0.4) is 0 Å². The van der Waals surface area contributed by atoms with E-state index in [4.69, 9.17) is 9.57 Å². The lowest BCUT2D eigenvalue weighted by Crippen LogP contribution is -2.36. The molecule has 0 heterocycles. The summed E-state index contributed by atoms with van der Waals surface area (Å²) >= 11 is 0. The molecule has 5 nitrogen and oxygen atoms in total. The molecule has 0 aromatic rings. The summed E-state index contributed by atoms with van der Waals surface area (Å²) in [7, 11) is 3.72. The molecule has 0 aromatic carbocycles. The molecule has 1 N–H and O–H groups in total. The maximum Gasteiger partial charge on any atom is 0.131 e. The summed E-state index contributed by atoms with van der Waals surface area (Å²) in [6.45, 7) is 8.13. The number of rotatable bonds is 10. The van der Waals surface area contributed by atoms with Crippen molar-refractivity contribution in [2.45, 2.75) is 32.8 Å². The predicted octanol–water partition coefficient (Wildman–Crippen LogP) is 0.844. The second-order valence-electron chi connectivity index (χ2n) is 4.79. The fraction of sp³-hybridized carbons (Fsp3) is 0.917. The second kappa shape index (κ2) is 8.58. The SMILES string of the molecule is CNCCOC(C)(C)CON(C)CCC(C)=O. The van der Waals surface area contributed by atoms with Crippen molar-refractivity contribution >= 4 is 5.78 Å². The molecule has 102 valence electrons. The first-order valence-corrected chi connectivity index (χ1v) is 5.99. The van der Waals surface area contributed by atoms with Crippen LogP contribution in [0.15, 0.2) is 0 Å². The highest BCUT2D eigenvalue weighted by molar-refractivity contribution is 5.75. The number of nitrogens with one attached hydrogen (secondary N) is 1. The Morgan fingerprint density at radius 3 is 2.59 bits per heavy atom. The molecule has 0 unspecified atom stereocenters. The monoisotopic (exact) mass is 246 g/mol. The van der Waals surface area contributed by atoms with Gasteiger partial charge in [-0.05, 0) is 27.8 Å². The Balaban J connectivity index is 3.71. The maximum atomic E-state index is 10.8. The Labute approximate surface area is 104 Å². The third-order valence-corrected chi connectivity index (χ3v) is 2.26. The van der Waals surface area contributed by atoms with Gasteiger partial charge in [0.05, 0.1) is 18.8 Å². The fourth-order valence-corrected chi connectivity index (χ4v) is 1.12. The number of hydrogen-bond acceptors (Lipinski definition) is 5. The first-order valence-electron chi connectivity index (χ1n) is 5.99. The molecular formula is C12H26N2O3. The molecule has 5 heteroatoms. The zero-order chi connectivity index (χ0) is 13.3. The Morgan fingerprint density at radius 2 is 2.06 bits per heavy atom. The van der Waals surface area contributed by atoms with Gasteiger partial charge in [0.25, 0.3) is 0 Å². The number of nitrogens with zero attached hydrogens (tertiary/aromatic N) is 1. The number of ether oxygens (including phenoxy) is 1. The van der Waals surface area contributed by atoms with Crippen LogP contribution in [0.5, 0.6) is 0 Å². The summed E-state index contributed by atoms with van der Waals surface area (Å²) in [5.74, 6) is 0.171. The molecule has 0 atom stereocenters. The Kier molecular flexibility index (Phi) is 8.33. The van der Waals surface area contributed by atoms with Crippen LogP contribution in [0.1, 0.15) is 27.2 Å². The van der Waals surface area contributed by atoms with Crippen molar-refractivity contribution in [3.63, 3.8) is 0 Å². The maximum absolute atomic E-state index is 10.8. The van der Waals surface area contributed by atoms with E-state index >= 15 is 0 Å². The lowest BCUT2D eigenvalue weighted by atomic mass is 10.1. The highest BCUT2D eigenvalue weighted by Gasteiger charge is 2.19. The van der Waals surface area contributed by atoms with E-state index in [1.807, 2.05) is 27.9 Å². The van der Waals surface area contributed by atoms with Gasteiger partial charge in [-0.15, -0.1) is 0 Å². The van der Waals surface area contributed by atoms with Crippen LogP contribution in [0.4, 0.5) is 0 Å². The van der Waals surface area contributed by atoms with Gasteiger partial charge in [0.1, 0.15) is 5.78 Å². The average Bonchev–Trinajstić information content (AvgIpc) is 2.24. The van der Waals surface area contributed by atoms with Gasteiger partial charge >= 0.3 is 0 Å². The normalized spacial score (nSPS) is 12.1. The van der Waals surface area contributed by atoms with Crippen LogP contribution >= 0.6 is 0 Å². The van der Waals surface area contributed by atoms with E-state index in [0.717, 1.165) is 6.54 Å². The van der Waals surface area contributed by atoms with Crippen molar-refractivity contribution < 1.29 is 14.4 Å². The van der Waals surface area contributed by atoms with E-state index in [1.165, 1.54) is 0 Å². The van der Waals surface area contributed by atoms with E-state index in [9.17, 15) is 4.79 Å². The van der Waals surface area contributed by atoms with Crippen molar-refractivity contribution in [3.8, 4) is 0 Å². The largest absolute Gasteiger partial charge is 0.372 e. The molecule has 0 aliphatic carbocycles. The van der Waals surface area contributed by atoms with Crippen LogP contribution < -0.4 is 5.32 Å². The summed E-state index contributed by atoms with van der Waals surface area (Å²) in [5, 5.41) is 4.71. The van der Waals surface area contributed by atoms with Crippen LogP contribution in [0.25, 0.3) is 0 Å².